The van der Waals surface area contributed by atoms with Crippen LogP contribution in [0.2, 0.25) is 0 Å². The molecule has 4 N–H and O–H groups in total. The number of furan rings is 1. The average Bonchev–Trinajstić information content (AvgIpc) is 3.20. The zero-order chi connectivity index (χ0) is 17.6. The predicted molar refractivity (Wildman–Crippen MR) is 86.8 cm³/mol. The van der Waals surface area contributed by atoms with Crippen molar-refractivity contribution in [2.24, 2.45) is 11.7 Å². The van der Waals surface area contributed by atoms with E-state index in [4.69, 9.17) is 14.9 Å². The van der Waals surface area contributed by atoms with E-state index in [-0.39, 0.29) is 29.6 Å². The molecule has 0 aliphatic carbocycles. The molecule has 25 heavy (non-hydrogen) atoms. The van der Waals surface area contributed by atoms with Crippen molar-refractivity contribution in [2.45, 2.75) is 25.1 Å². The maximum absolute atomic E-state index is 13.3. The van der Waals surface area contributed by atoms with Gasteiger partial charge in [0.1, 0.15) is 29.0 Å². The molecule has 7 heteroatoms. The molecule has 4 rings (SSSR count). The summed E-state index contributed by atoms with van der Waals surface area (Å²) in [7, 11) is 0. The van der Waals surface area contributed by atoms with Gasteiger partial charge in [-0.15, -0.1) is 0 Å². The molecule has 0 spiro atoms. The Morgan fingerprint density at radius 3 is 2.56 bits per heavy atom. The number of allylic oxidation sites excluding steroid dienone is 1. The van der Waals surface area contributed by atoms with Gasteiger partial charge in [0, 0.05) is 5.92 Å². The number of rotatable bonds is 2. The van der Waals surface area contributed by atoms with E-state index in [0.29, 0.717) is 11.3 Å². The van der Waals surface area contributed by atoms with Gasteiger partial charge in [0.25, 0.3) is 0 Å². The molecule has 0 bridgehead atoms. The van der Waals surface area contributed by atoms with Gasteiger partial charge in [-0.3, -0.25) is 0 Å². The third-order valence-corrected chi connectivity index (χ3v) is 4.75. The molecule has 2 aromatic rings. The highest BCUT2D eigenvalue weighted by atomic mass is 19.1. The van der Waals surface area contributed by atoms with Gasteiger partial charge in [-0.1, -0.05) is 12.1 Å². The van der Waals surface area contributed by atoms with Crippen molar-refractivity contribution in [3.63, 3.8) is 0 Å². The van der Waals surface area contributed by atoms with Crippen LogP contribution in [-0.2, 0) is 4.74 Å². The number of nitriles is 1. The van der Waals surface area contributed by atoms with Gasteiger partial charge in [0.15, 0.2) is 6.23 Å². The molecule has 2 aliphatic heterocycles. The monoisotopic (exact) mass is 340 g/mol. The van der Waals surface area contributed by atoms with E-state index in [1.807, 2.05) is 19.1 Å². The second kappa shape index (κ2) is 5.92. The fourth-order valence-corrected chi connectivity index (χ4v) is 3.61. The van der Waals surface area contributed by atoms with Crippen LogP contribution in [0.25, 0.3) is 0 Å². The van der Waals surface area contributed by atoms with Crippen molar-refractivity contribution in [1.29, 1.82) is 5.26 Å². The van der Waals surface area contributed by atoms with Gasteiger partial charge >= 0.3 is 0 Å². The molecule has 1 aromatic heterocycles. The number of halogens is 1. The van der Waals surface area contributed by atoms with Crippen LogP contribution >= 0.6 is 0 Å². The van der Waals surface area contributed by atoms with Crippen LogP contribution in [0, 0.1) is 30.0 Å². The highest BCUT2D eigenvalue weighted by Crippen LogP contribution is 2.47. The van der Waals surface area contributed by atoms with E-state index in [1.165, 1.54) is 12.1 Å². The van der Waals surface area contributed by atoms with E-state index >= 15 is 0 Å². The molecular weight excluding hydrogens is 323 g/mol. The Morgan fingerprint density at radius 1 is 1.16 bits per heavy atom. The van der Waals surface area contributed by atoms with Crippen LogP contribution in [0.1, 0.15) is 29.0 Å². The Labute approximate surface area is 144 Å². The fraction of sp³-hybridized carbons (Fsp3) is 0.278. The van der Waals surface area contributed by atoms with Crippen molar-refractivity contribution in [3.8, 4) is 6.07 Å². The summed E-state index contributed by atoms with van der Waals surface area (Å²) in [5.74, 6) is 0.662. The summed E-state index contributed by atoms with van der Waals surface area (Å²) in [5, 5.41) is 9.61. The quantitative estimate of drug-likeness (QED) is 0.776. The lowest BCUT2D eigenvalue weighted by molar-refractivity contribution is 0.0308. The highest BCUT2D eigenvalue weighted by Gasteiger charge is 2.50. The Morgan fingerprint density at radius 2 is 1.92 bits per heavy atom. The lowest BCUT2D eigenvalue weighted by atomic mass is 9.76. The Balaban J connectivity index is 1.80. The number of hydrazine groups is 1. The number of hydrogen-bond donors (Lipinski definition) is 3. The van der Waals surface area contributed by atoms with E-state index in [2.05, 4.69) is 16.9 Å². The molecule has 6 nitrogen and oxygen atoms in total. The number of nitrogens with one attached hydrogen (secondary N) is 2. The zero-order valence-corrected chi connectivity index (χ0v) is 13.5. The molecule has 3 heterocycles. The van der Waals surface area contributed by atoms with Crippen molar-refractivity contribution in [2.75, 3.05) is 0 Å². The zero-order valence-electron chi connectivity index (χ0n) is 13.5. The largest absolute Gasteiger partial charge is 0.466 e. The van der Waals surface area contributed by atoms with Gasteiger partial charge in [0.2, 0.25) is 5.88 Å². The summed E-state index contributed by atoms with van der Waals surface area (Å²) in [4.78, 5) is 0. The van der Waals surface area contributed by atoms with Crippen LogP contribution in [0.5, 0.6) is 0 Å². The third kappa shape index (κ3) is 2.56. The smallest absolute Gasteiger partial charge is 0.200 e. The lowest BCUT2D eigenvalue weighted by Crippen LogP contribution is -2.40. The minimum atomic E-state index is -0.428. The first-order chi connectivity index (χ1) is 12.1. The van der Waals surface area contributed by atoms with Gasteiger partial charge in [-0.25, -0.2) is 15.2 Å². The topological polar surface area (TPSA) is 96.2 Å². The molecule has 1 fully saturated rings. The van der Waals surface area contributed by atoms with Gasteiger partial charge < -0.3 is 14.9 Å². The predicted octanol–water partition coefficient (Wildman–Crippen LogP) is 2.33. The van der Waals surface area contributed by atoms with Crippen molar-refractivity contribution >= 4 is 0 Å². The minimum Gasteiger partial charge on any atom is -0.466 e. The SMILES string of the molecule is Cc1ccc(C2C(C#N)=C(N)OC3NNC(c4ccc(F)cc4)C32)o1. The lowest BCUT2D eigenvalue weighted by Gasteiger charge is -2.34. The molecule has 0 radical (unpaired) electrons. The highest BCUT2D eigenvalue weighted by molar-refractivity contribution is 5.40. The Hall–Kier alpha value is -2.82. The van der Waals surface area contributed by atoms with Crippen LogP contribution in [0.3, 0.4) is 0 Å². The number of benzene rings is 1. The maximum atomic E-state index is 13.3. The third-order valence-electron chi connectivity index (χ3n) is 4.75. The first-order valence-electron chi connectivity index (χ1n) is 7.97. The molecule has 0 saturated carbocycles. The standard InChI is InChI=1S/C18H17FN4O2/c1-9-2-7-13(24-9)14-12(8-20)17(21)25-18-15(14)16(22-23-18)10-3-5-11(19)6-4-10/h2-7,14-16,18,22-23H,21H2,1H3. The summed E-state index contributed by atoms with van der Waals surface area (Å²) in [6, 6.07) is 11.9. The first kappa shape index (κ1) is 15.7. The summed E-state index contributed by atoms with van der Waals surface area (Å²) >= 11 is 0. The number of ether oxygens (including phenoxy) is 1. The molecule has 1 saturated heterocycles. The minimum absolute atomic E-state index is 0.0943. The summed E-state index contributed by atoms with van der Waals surface area (Å²) < 4.78 is 24.8. The second-order valence-electron chi connectivity index (χ2n) is 6.25. The number of hydrogen-bond acceptors (Lipinski definition) is 6. The summed E-state index contributed by atoms with van der Waals surface area (Å²) in [6.07, 6.45) is -0.428. The normalized spacial score (nSPS) is 28.4. The van der Waals surface area contributed by atoms with Crippen molar-refractivity contribution in [3.05, 3.63) is 70.8 Å². The van der Waals surface area contributed by atoms with E-state index in [0.717, 1.165) is 11.3 Å². The van der Waals surface area contributed by atoms with E-state index in [9.17, 15) is 9.65 Å². The average molecular weight is 340 g/mol. The van der Waals surface area contributed by atoms with Crippen LogP contribution in [0.4, 0.5) is 4.39 Å². The summed E-state index contributed by atoms with van der Waals surface area (Å²) in [5.41, 5.74) is 13.4. The molecule has 128 valence electrons. The number of aryl methyl sites for hydroxylation is 1. The van der Waals surface area contributed by atoms with Gasteiger partial charge in [-0.05, 0) is 36.8 Å². The fourth-order valence-electron chi connectivity index (χ4n) is 3.61. The van der Waals surface area contributed by atoms with Gasteiger partial charge in [-0.2, -0.15) is 5.26 Å². The van der Waals surface area contributed by atoms with Crippen molar-refractivity contribution < 1.29 is 13.5 Å². The molecular formula is C18H17FN4O2. The molecule has 4 unspecified atom stereocenters. The Bertz CT molecular complexity index is 868. The first-order valence-corrected chi connectivity index (χ1v) is 7.97. The number of nitrogens with zero attached hydrogens (tertiary/aromatic N) is 1. The van der Waals surface area contributed by atoms with E-state index < -0.39 is 6.23 Å². The van der Waals surface area contributed by atoms with Gasteiger partial charge in [0.05, 0.1) is 12.0 Å². The molecule has 0 amide bonds. The summed E-state index contributed by atoms with van der Waals surface area (Å²) in [6.45, 7) is 1.85. The van der Waals surface area contributed by atoms with Crippen LogP contribution < -0.4 is 16.6 Å². The van der Waals surface area contributed by atoms with Crippen molar-refractivity contribution in [1.82, 2.24) is 10.9 Å². The van der Waals surface area contributed by atoms with Crippen LogP contribution in [0.15, 0.2) is 52.3 Å². The molecule has 1 aromatic carbocycles. The van der Waals surface area contributed by atoms with Crippen LogP contribution in [-0.4, -0.2) is 6.23 Å². The molecule has 4 atom stereocenters. The number of nitrogens with two attached hydrogens (primary N) is 1. The van der Waals surface area contributed by atoms with E-state index in [1.54, 1.807) is 12.1 Å². The Kier molecular flexibility index (Phi) is 3.71. The number of fused-ring (bicyclic) bond motifs is 1. The second-order valence-corrected chi connectivity index (χ2v) is 6.25. The molecule has 2 aliphatic rings. The maximum Gasteiger partial charge on any atom is 0.200 e.